The van der Waals surface area contributed by atoms with Gasteiger partial charge in [-0.1, -0.05) is 66.7 Å². The molecule has 0 aliphatic heterocycles. The van der Waals surface area contributed by atoms with Crippen LogP contribution >= 0.6 is 7.68 Å². The Morgan fingerprint density at radius 1 is 0.600 bits per heavy atom. The molecular formula is C27H17O2P. The molecule has 0 bridgehead atoms. The summed E-state index contributed by atoms with van der Waals surface area (Å²) >= 11 is 0. The third-order valence-electron chi connectivity index (χ3n) is 6.12. The Kier molecular flexibility index (Phi) is 3.78. The summed E-state index contributed by atoms with van der Waals surface area (Å²) < 4.78 is 23.5. The molecule has 1 aliphatic rings. The Bertz CT molecular complexity index is 1640. The van der Waals surface area contributed by atoms with E-state index in [2.05, 4.69) is 66.7 Å². The van der Waals surface area contributed by atoms with Gasteiger partial charge in [0.25, 0.3) is 0 Å². The molecule has 1 aliphatic carbocycles. The van der Waals surface area contributed by atoms with Gasteiger partial charge in [0.2, 0.25) is 0 Å². The molecule has 6 rings (SSSR count). The standard InChI is InChI=1S/C27H17O2P/c28-30(29)27-10-4-9-23(27)22-8-3-7-19-14-21-12-11-20-13-17-5-1-2-6-18(17)15-24(20)26(21)16-25(19)22/h1-9,11-16H,10H2. The first-order chi connectivity index (χ1) is 14.7. The molecule has 0 spiro atoms. The molecule has 0 unspecified atom stereocenters. The largest absolute Gasteiger partial charge is 0.345 e. The first kappa shape index (κ1) is 17.4. The van der Waals surface area contributed by atoms with Crippen LogP contribution in [0.2, 0.25) is 0 Å². The van der Waals surface area contributed by atoms with E-state index in [4.69, 9.17) is 0 Å². The van der Waals surface area contributed by atoms with Crippen molar-refractivity contribution >= 4 is 56.3 Å². The van der Waals surface area contributed by atoms with Crippen molar-refractivity contribution in [3.63, 3.8) is 0 Å². The SMILES string of the molecule is O=P(=O)C1=C(c2cccc3cc4ccc5cc6ccccc6cc5c4cc23)C=CC1. The average molecular weight is 404 g/mol. The Morgan fingerprint density at radius 3 is 2.00 bits per heavy atom. The Morgan fingerprint density at radius 2 is 1.23 bits per heavy atom. The first-order valence-electron chi connectivity index (χ1n) is 10.0. The molecule has 2 nitrogen and oxygen atoms in total. The molecule has 142 valence electrons. The molecule has 5 aromatic rings. The van der Waals surface area contributed by atoms with Gasteiger partial charge in [-0.25, -0.2) is 9.13 Å². The lowest BCUT2D eigenvalue weighted by Gasteiger charge is -2.12. The van der Waals surface area contributed by atoms with Crippen molar-refractivity contribution in [2.24, 2.45) is 0 Å². The third kappa shape index (κ3) is 2.58. The van der Waals surface area contributed by atoms with E-state index in [9.17, 15) is 9.13 Å². The van der Waals surface area contributed by atoms with Crippen LogP contribution in [0.25, 0.3) is 48.7 Å². The summed E-state index contributed by atoms with van der Waals surface area (Å²) in [6, 6.07) is 27.8. The van der Waals surface area contributed by atoms with Crippen LogP contribution in [-0.4, -0.2) is 0 Å². The monoisotopic (exact) mass is 404 g/mol. The minimum absolute atomic E-state index is 0.479. The second kappa shape index (κ2) is 6.52. The molecular weight excluding hydrogens is 387 g/mol. The fraction of sp³-hybridized carbons (Fsp3) is 0.0370. The van der Waals surface area contributed by atoms with Crippen molar-refractivity contribution in [1.82, 2.24) is 0 Å². The highest BCUT2D eigenvalue weighted by atomic mass is 31.1. The average Bonchev–Trinajstić information content (AvgIpc) is 3.26. The van der Waals surface area contributed by atoms with Crippen LogP contribution in [0, 0.1) is 0 Å². The molecule has 0 amide bonds. The molecule has 0 radical (unpaired) electrons. The lowest BCUT2D eigenvalue weighted by atomic mass is 9.93. The van der Waals surface area contributed by atoms with Crippen molar-refractivity contribution in [2.75, 3.05) is 0 Å². The lowest BCUT2D eigenvalue weighted by molar-refractivity contribution is 0.520. The van der Waals surface area contributed by atoms with E-state index in [1.807, 2.05) is 24.3 Å². The van der Waals surface area contributed by atoms with Crippen molar-refractivity contribution in [1.29, 1.82) is 0 Å². The molecule has 5 aromatic carbocycles. The van der Waals surface area contributed by atoms with E-state index in [-0.39, 0.29) is 0 Å². The van der Waals surface area contributed by atoms with Gasteiger partial charge in [-0.15, -0.1) is 0 Å². The van der Waals surface area contributed by atoms with Gasteiger partial charge < -0.3 is 0 Å². The second-order valence-corrected chi connectivity index (χ2v) is 8.86. The number of hydrogen-bond acceptors (Lipinski definition) is 2. The van der Waals surface area contributed by atoms with Crippen LogP contribution in [0.15, 0.2) is 96.3 Å². The van der Waals surface area contributed by atoms with Crippen molar-refractivity contribution < 1.29 is 9.13 Å². The smallest absolute Gasteiger partial charge is 0.232 e. The van der Waals surface area contributed by atoms with Crippen molar-refractivity contribution in [2.45, 2.75) is 6.42 Å². The number of rotatable bonds is 2. The predicted octanol–water partition coefficient (Wildman–Crippen LogP) is 8.14. The summed E-state index contributed by atoms with van der Waals surface area (Å²) in [4.78, 5) is 0. The van der Waals surface area contributed by atoms with Crippen LogP contribution in [-0.2, 0) is 9.13 Å². The minimum atomic E-state index is -2.59. The van der Waals surface area contributed by atoms with E-state index in [1.54, 1.807) is 0 Å². The van der Waals surface area contributed by atoms with Crippen LogP contribution < -0.4 is 0 Å². The summed E-state index contributed by atoms with van der Waals surface area (Å²) in [6.45, 7) is 0. The van der Waals surface area contributed by atoms with Gasteiger partial charge in [-0.2, -0.15) is 0 Å². The molecule has 3 heteroatoms. The zero-order chi connectivity index (χ0) is 20.2. The van der Waals surface area contributed by atoms with Gasteiger partial charge >= 0.3 is 7.68 Å². The first-order valence-corrected chi connectivity index (χ1v) is 11.2. The maximum atomic E-state index is 11.8. The Hall–Kier alpha value is -3.48. The number of allylic oxidation sites excluding steroid dienone is 4. The summed E-state index contributed by atoms with van der Waals surface area (Å²) in [6.07, 6.45) is 4.35. The quantitative estimate of drug-likeness (QED) is 0.169. The lowest BCUT2D eigenvalue weighted by Crippen LogP contribution is -1.87. The third-order valence-corrected chi connectivity index (χ3v) is 6.98. The Balaban J connectivity index is 1.73. The van der Waals surface area contributed by atoms with Crippen molar-refractivity contribution in [3.8, 4) is 0 Å². The van der Waals surface area contributed by atoms with Crippen LogP contribution in [0.3, 0.4) is 0 Å². The van der Waals surface area contributed by atoms with Gasteiger partial charge in [-0.3, -0.25) is 0 Å². The van der Waals surface area contributed by atoms with E-state index >= 15 is 0 Å². The molecule has 0 aromatic heterocycles. The maximum absolute atomic E-state index is 11.8. The summed E-state index contributed by atoms with van der Waals surface area (Å²) in [5, 5.41) is 9.96. The highest BCUT2D eigenvalue weighted by Crippen LogP contribution is 2.41. The zero-order valence-corrected chi connectivity index (χ0v) is 17.0. The minimum Gasteiger partial charge on any atom is -0.232 e. The second-order valence-electron chi connectivity index (χ2n) is 7.81. The van der Waals surface area contributed by atoms with E-state index in [0.717, 1.165) is 21.9 Å². The summed E-state index contributed by atoms with van der Waals surface area (Å²) in [7, 11) is -2.59. The topological polar surface area (TPSA) is 34.1 Å². The molecule has 0 saturated carbocycles. The molecule has 30 heavy (non-hydrogen) atoms. The molecule has 0 atom stereocenters. The summed E-state index contributed by atoms with van der Waals surface area (Å²) in [5.41, 5.74) is 1.80. The normalized spacial score (nSPS) is 13.9. The number of hydrogen-bond donors (Lipinski definition) is 0. The van der Waals surface area contributed by atoms with E-state index in [0.29, 0.717) is 11.7 Å². The zero-order valence-electron chi connectivity index (χ0n) is 16.1. The predicted molar refractivity (Wildman–Crippen MR) is 125 cm³/mol. The maximum Gasteiger partial charge on any atom is 0.345 e. The fourth-order valence-electron chi connectivity index (χ4n) is 4.67. The van der Waals surface area contributed by atoms with Gasteiger partial charge in [-0.05, 0) is 78.5 Å². The van der Waals surface area contributed by atoms with Crippen LogP contribution in [0.4, 0.5) is 0 Å². The molecule has 0 heterocycles. The van der Waals surface area contributed by atoms with Crippen LogP contribution in [0.1, 0.15) is 12.0 Å². The number of fused-ring (bicyclic) bond motifs is 5. The molecule has 0 saturated heterocycles. The van der Waals surface area contributed by atoms with Gasteiger partial charge in [0.1, 0.15) is 0 Å². The summed E-state index contributed by atoms with van der Waals surface area (Å²) in [5.74, 6) is 0. The van der Waals surface area contributed by atoms with Gasteiger partial charge in [0, 0.05) is 6.42 Å². The van der Waals surface area contributed by atoms with E-state index in [1.165, 1.54) is 32.3 Å². The number of benzene rings is 5. The highest BCUT2D eigenvalue weighted by molar-refractivity contribution is 7.36. The Labute approximate surface area is 174 Å². The van der Waals surface area contributed by atoms with Crippen LogP contribution in [0.5, 0.6) is 0 Å². The van der Waals surface area contributed by atoms with Gasteiger partial charge in [0.05, 0.1) is 5.31 Å². The van der Waals surface area contributed by atoms with E-state index < -0.39 is 7.68 Å². The van der Waals surface area contributed by atoms with Crippen molar-refractivity contribution in [3.05, 3.63) is 102 Å². The molecule has 0 N–H and O–H groups in total. The fourth-order valence-corrected chi connectivity index (χ4v) is 5.32. The van der Waals surface area contributed by atoms with Gasteiger partial charge in [0.15, 0.2) is 0 Å². The molecule has 0 fully saturated rings. The highest BCUT2D eigenvalue weighted by Gasteiger charge is 2.17.